The fourth-order valence-corrected chi connectivity index (χ4v) is 3.45. The molecule has 162 valence electrons. The average Bonchev–Trinajstić information content (AvgIpc) is 3.09. The number of nitrogens with one attached hydrogen (secondary N) is 1. The molecule has 0 aliphatic heterocycles. The van der Waals surface area contributed by atoms with Gasteiger partial charge >= 0.3 is 5.97 Å². The van der Waals surface area contributed by atoms with Crippen molar-refractivity contribution in [1.29, 1.82) is 0 Å². The number of nitrogens with zero attached hydrogens (tertiary/aromatic N) is 1. The summed E-state index contributed by atoms with van der Waals surface area (Å²) >= 11 is 3.52. The average molecular weight is 487 g/mol. The highest BCUT2D eigenvalue weighted by molar-refractivity contribution is 9.10. The molecule has 0 saturated heterocycles. The van der Waals surface area contributed by atoms with Crippen LogP contribution in [0.25, 0.3) is 17.8 Å². The van der Waals surface area contributed by atoms with Crippen LogP contribution in [0.5, 0.6) is 11.5 Å². The Balaban J connectivity index is 2.13. The van der Waals surface area contributed by atoms with E-state index in [1.165, 1.54) is 18.9 Å². The third-order valence-corrected chi connectivity index (χ3v) is 5.22. The molecule has 3 aromatic rings. The zero-order valence-corrected chi connectivity index (χ0v) is 19.1. The van der Waals surface area contributed by atoms with Gasteiger partial charge in [0.15, 0.2) is 18.1 Å². The van der Waals surface area contributed by atoms with E-state index in [4.69, 9.17) is 9.47 Å². The molecule has 0 amide bonds. The van der Waals surface area contributed by atoms with Crippen molar-refractivity contribution >= 4 is 34.1 Å². The molecule has 1 aromatic heterocycles. The van der Waals surface area contributed by atoms with Gasteiger partial charge in [-0.1, -0.05) is 47.1 Å². The molecule has 1 N–H and O–H groups in total. The molecule has 7 nitrogen and oxygen atoms in total. The van der Waals surface area contributed by atoms with Crippen molar-refractivity contribution in [3.63, 3.8) is 0 Å². The maximum atomic E-state index is 13.2. The zero-order chi connectivity index (χ0) is 22.4. The van der Waals surface area contributed by atoms with E-state index in [-0.39, 0.29) is 12.2 Å². The number of aromatic amines is 1. The number of para-hydroxylation sites is 1. The quantitative estimate of drug-likeness (QED) is 0.518. The summed E-state index contributed by atoms with van der Waals surface area (Å²) in [5.74, 6) is 0.314. The minimum atomic E-state index is -0.498. The lowest BCUT2D eigenvalue weighted by Crippen LogP contribution is -2.34. The predicted octanol–water partition coefficient (Wildman–Crippen LogP) is 2.51. The van der Waals surface area contributed by atoms with Crippen molar-refractivity contribution in [2.24, 2.45) is 0 Å². The Bertz CT molecular complexity index is 1250. The van der Waals surface area contributed by atoms with Crippen LogP contribution in [0, 0.1) is 0 Å². The van der Waals surface area contributed by atoms with Gasteiger partial charge in [0.05, 0.1) is 30.5 Å². The standard InChI is InChI=1S/C23H23BrN2O5/c1-4-8-19-17(23(28)26(25-19)16-9-6-5-7-10-16)11-15-12-20(29-2)21(13-18(15)24)31-14-22(27)30-3/h5-13,25H,4,14H2,1-3H3. The zero-order valence-electron chi connectivity index (χ0n) is 17.5. The van der Waals surface area contributed by atoms with E-state index in [9.17, 15) is 9.59 Å². The molecular formula is C23H23BrN2O5. The van der Waals surface area contributed by atoms with Crippen LogP contribution in [0.15, 0.2) is 51.7 Å². The summed E-state index contributed by atoms with van der Waals surface area (Å²) in [6.07, 6.45) is 4.52. The third-order valence-electron chi connectivity index (χ3n) is 4.53. The topological polar surface area (TPSA) is 82.5 Å². The van der Waals surface area contributed by atoms with E-state index < -0.39 is 5.97 Å². The number of esters is 1. The van der Waals surface area contributed by atoms with Crippen molar-refractivity contribution in [3.05, 3.63) is 73.4 Å². The van der Waals surface area contributed by atoms with E-state index in [1.54, 1.807) is 18.2 Å². The van der Waals surface area contributed by atoms with Gasteiger partial charge in [0.1, 0.15) is 0 Å². The number of H-pyrrole nitrogens is 1. The fraction of sp³-hybridized carbons (Fsp3) is 0.217. The van der Waals surface area contributed by atoms with Crippen LogP contribution in [0.3, 0.4) is 0 Å². The van der Waals surface area contributed by atoms with E-state index in [0.29, 0.717) is 21.2 Å². The molecule has 1 heterocycles. The number of hydrogen-bond donors (Lipinski definition) is 1. The number of benzene rings is 2. The molecule has 2 aromatic carbocycles. The highest BCUT2D eigenvalue weighted by Crippen LogP contribution is 2.33. The van der Waals surface area contributed by atoms with Crippen LogP contribution in [-0.2, 0) is 9.53 Å². The summed E-state index contributed by atoms with van der Waals surface area (Å²) in [4.78, 5) is 24.6. The summed E-state index contributed by atoms with van der Waals surface area (Å²) in [7, 11) is 2.80. The normalized spacial score (nSPS) is 12.1. The second kappa shape index (κ2) is 10.2. The molecule has 3 rings (SSSR count). The lowest BCUT2D eigenvalue weighted by Gasteiger charge is -2.12. The van der Waals surface area contributed by atoms with E-state index in [1.807, 2.05) is 43.3 Å². The maximum Gasteiger partial charge on any atom is 0.343 e. The highest BCUT2D eigenvalue weighted by atomic mass is 79.9. The molecule has 0 saturated carbocycles. The SMILES string of the molecule is CCC=c1[nH]n(-c2ccccc2)c(=O)c1=Cc1cc(OC)c(OCC(=O)OC)cc1Br. The lowest BCUT2D eigenvalue weighted by molar-refractivity contribution is -0.142. The molecule has 0 unspecified atom stereocenters. The number of carbonyl (C=O) groups is 1. The van der Waals surface area contributed by atoms with Crippen molar-refractivity contribution in [3.8, 4) is 17.2 Å². The van der Waals surface area contributed by atoms with Crippen LogP contribution in [-0.4, -0.2) is 36.6 Å². The summed E-state index contributed by atoms with van der Waals surface area (Å²) in [5, 5.41) is 4.44. The predicted molar refractivity (Wildman–Crippen MR) is 122 cm³/mol. The van der Waals surface area contributed by atoms with Gasteiger partial charge in [-0.3, -0.25) is 9.89 Å². The molecule has 0 atom stereocenters. The van der Waals surface area contributed by atoms with Gasteiger partial charge in [-0.05, 0) is 42.3 Å². The first-order valence-electron chi connectivity index (χ1n) is 9.64. The second-order valence-corrected chi connectivity index (χ2v) is 7.42. The molecule has 0 aliphatic rings. The minimum absolute atomic E-state index is 0.164. The number of ether oxygens (including phenoxy) is 3. The van der Waals surface area contributed by atoms with Gasteiger partial charge in [0.2, 0.25) is 0 Å². The summed E-state index contributed by atoms with van der Waals surface area (Å²) in [6, 6.07) is 12.8. The largest absolute Gasteiger partial charge is 0.493 e. The molecule has 0 fully saturated rings. The van der Waals surface area contributed by atoms with Gasteiger partial charge in [-0.15, -0.1) is 0 Å². The lowest BCUT2D eigenvalue weighted by atomic mass is 10.1. The number of halogens is 1. The summed E-state index contributed by atoms with van der Waals surface area (Å²) in [6.45, 7) is 1.77. The Kier molecular flexibility index (Phi) is 7.36. The van der Waals surface area contributed by atoms with Crippen LogP contribution in [0.2, 0.25) is 0 Å². The molecule has 0 aliphatic carbocycles. The Morgan fingerprint density at radius 2 is 1.90 bits per heavy atom. The van der Waals surface area contributed by atoms with Gasteiger partial charge in [-0.2, -0.15) is 0 Å². The van der Waals surface area contributed by atoms with Crippen molar-refractivity contribution in [1.82, 2.24) is 9.78 Å². The molecular weight excluding hydrogens is 464 g/mol. The Morgan fingerprint density at radius 3 is 2.55 bits per heavy atom. The van der Waals surface area contributed by atoms with Crippen LogP contribution in [0.4, 0.5) is 0 Å². The first-order valence-corrected chi connectivity index (χ1v) is 10.4. The highest BCUT2D eigenvalue weighted by Gasteiger charge is 2.13. The van der Waals surface area contributed by atoms with Crippen molar-refractivity contribution < 1.29 is 19.0 Å². The molecule has 0 spiro atoms. The van der Waals surface area contributed by atoms with Crippen molar-refractivity contribution in [2.75, 3.05) is 20.8 Å². The molecule has 31 heavy (non-hydrogen) atoms. The number of hydrogen-bond acceptors (Lipinski definition) is 5. The smallest absolute Gasteiger partial charge is 0.343 e. The Hall–Kier alpha value is -3.26. The number of methoxy groups -OCH3 is 2. The second-order valence-electron chi connectivity index (χ2n) is 6.56. The van der Waals surface area contributed by atoms with Gasteiger partial charge in [-0.25, -0.2) is 9.48 Å². The van der Waals surface area contributed by atoms with Crippen LogP contribution < -0.4 is 25.6 Å². The first-order chi connectivity index (χ1) is 15.0. The summed E-state index contributed by atoms with van der Waals surface area (Å²) in [5.41, 5.74) is 1.31. The van der Waals surface area contributed by atoms with Crippen LogP contribution >= 0.6 is 15.9 Å². The third kappa shape index (κ3) is 5.08. The number of aromatic nitrogens is 2. The Labute approximate surface area is 187 Å². The number of carbonyl (C=O) groups excluding carboxylic acids is 1. The van der Waals surface area contributed by atoms with E-state index >= 15 is 0 Å². The number of rotatable bonds is 7. The molecule has 0 radical (unpaired) electrons. The monoisotopic (exact) mass is 486 g/mol. The van der Waals surface area contributed by atoms with E-state index in [0.717, 1.165) is 23.0 Å². The fourth-order valence-electron chi connectivity index (χ4n) is 3.01. The molecule has 8 heteroatoms. The van der Waals surface area contributed by atoms with Gasteiger partial charge in [0.25, 0.3) is 5.56 Å². The minimum Gasteiger partial charge on any atom is -0.493 e. The van der Waals surface area contributed by atoms with Gasteiger partial charge in [0, 0.05) is 4.47 Å². The van der Waals surface area contributed by atoms with Crippen LogP contribution in [0.1, 0.15) is 18.9 Å². The van der Waals surface area contributed by atoms with Gasteiger partial charge < -0.3 is 14.2 Å². The first kappa shape index (κ1) is 22.4. The molecule has 0 bridgehead atoms. The summed E-state index contributed by atoms with van der Waals surface area (Å²) < 4.78 is 17.7. The maximum absolute atomic E-state index is 13.2. The Morgan fingerprint density at radius 1 is 1.16 bits per heavy atom. The van der Waals surface area contributed by atoms with Crippen molar-refractivity contribution in [2.45, 2.75) is 13.3 Å². The van der Waals surface area contributed by atoms with E-state index in [2.05, 4.69) is 25.8 Å².